The van der Waals surface area contributed by atoms with Gasteiger partial charge in [-0.25, -0.2) is 4.99 Å². The van der Waals surface area contributed by atoms with Gasteiger partial charge in [0.2, 0.25) is 0 Å². The molecule has 1 saturated carbocycles. The summed E-state index contributed by atoms with van der Waals surface area (Å²) in [6.45, 7) is 6.83. The third kappa shape index (κ3) is 4.92. The van der Waals surface area contributed by atoms with Crippen molar-refractivity contribution in [3.63, 3.8) is 0 Å². The van der Waals surface area contributed by atoms with Gasteiger partial charge in [0.05, 0.1) is 0 Å². The maximum absolute atomic E-state index is 4.61. The van der Waals surface area contributed by atoms with Crippen LogP contribution >= 0.6 is 24.0 Å². The average Bonchev–Trinajstić information content (AvgIpc) is 3.15. The van der Waals surface area contributed by atoms with Crippen molar-refractivity contribution in [2.45, 2.75) is 58.7 Å². The first kappa shape index (κ1) is 17.2. The van der Waals surface area contributed by atoms with Crippen molar-refractivity contribution in [3.8, 4) is 0 Å². The number of nitrogens with zero attached hydrogens (tertiary/aromatic N) is 4. The first-order valence-corrected chi connectivity index (χ1v) is 7.02. The summed E-state index contributed by atoms with van der Waals surface area (Å²) in [6.07, 6.45) is 3.56. The number of aromatic nitrogens is 3. The minimum absolute atomic E-state index is 0. The lowest BCUT2D eigenvalue weighted by atomic mass is 10.3. The average molecular weight is 392 g/mol. The number of guanidine groups is 1. The summed E-state index contributed by atoms with van der Waals surface area (Å²) < 4.78 is 1.97. The van der Waals surface area contributed by atoms with E-state index in [-0.39, 0.29) is 24.0 Å². The van der Waals surface area contributed by atoms with Crippen molar-refractivity contribution in [3.05, 3.63) is 11.6 Å². The van der Waals surface area contributed by atoms with Crippen LogP contribution in [0, 0.1) is 6.92 Å². The van der Waals surface area contributed by atoms with E-state index in [1.54, 1.807) is 0 Å². The van der Waals surface area contributed by atoms with Crippen LogP contribution in [0.2, 0.25) is 0 Å². The number of aryl methyl sites for hydroxylation is 1. The first-order valence-electron chi connectivity index (χ1n) is 7.02. The summed E-state index contributed by atoms with van der Waals surface area (Å²) in [6, 6.07) is 1.02. The van der Waals surface area contributed by atoms with Gasteiger partial charge in [0.1, 0.15) is 12.4 Å². The molecule has 114 valence electrons. The van der Waals surface area contributed by atoms with E-state index in [1.807, 2.05) is 18.5 Å². The van der Waals surface area contributed by atoms with E-state index in [0.29, 0.717) is 18.6 Å². The minimum atomic E-state index is 0. The summed E-state index contributed by atoms with van der Waals surface area (Å²) in [4.78, 5) is 4.61. The van der Waals surface area contributed by atoms with E-state index < -0.39 is 0 Å². The molecule has 1 aromatic rings. The Balaban J connectivity index is 0.00000200. The molecule has 2 N–H and O–H groups in total. The molecule has 2 rings (SSSR count). The quantitative estimate of drug-likeness (QED) is 0.455. The van der Waals surface area contributed by atoms with E-state index >= 15 is 0 Å². The van der Waals surface area contributed by atoms with Crippen LogP contribution < -0.4 is 10.6 Å². The molecule has 0 aromatic carbocycles. The molecule has 1 heterocycles. The summed E-state index contributed by atoms with van der Waals surface area (Å²) in [5.74, 6) is 2.69. The molecule has 1 aromatic heterocycles. The van der Waals surface area contributed by atoms with Gasteiger partial charge in [0.25, 0.3) is 0 Å². The second kappa shape index (κ2) is 7.80. The Hall–Kier alpha value is -0.860. The third-order valence-electron chi connectivity index (χ3n) is 3.48. The molecule has 0 saturated heterocycles. The zero-order valence-electron chi connectivity index (χ0n) is 12.7. The van der Waals surface area contributed by atoms with Crippen LogP contribution in [-0.4, -0.2) is 32.8 Å². The van der Waals surface area contributed by atoms with Crippen LogP contribution in [0.3, 0.4) is 0 Å². The van der Waals surface area contributed by atoms with Crippen LogP contribution in [0.15, 0.2) is 4.99 Å². The molecule has 1 aliphatic carbocycles. The lowest BCUT2D eigenvalue weighted by Crippen LogP contribution is -2.43. The number of hydrogen-bond acceptors (Lipinski definition) is 3. The van der Waals surface area contributed by atoms with Gasteiger partial charge in [-0.1, -0.05) is 6.92 Å². The van der Waals surface area contributed by atoms with Crippen molar-refractivity contribution in [2.75, 3.05) is 0 Å². The summed E-state index contributed by atoms with van der Waals surface area (Å²) in [7, 11) is 1.97. The number of hydrogen-bond donors (Lipinski definition) is 2. The Morgan fingerprint density at radius 1 is 1.45 bits per heavy atom. The number of nitrogens with one attached hydrogen (secondary N) is 2. The Morgan fingerprint density at radius 3 is 2.65 bits per heavy atom. The fourth-order valence-corrected chi connectivity index (χ4v) is 1.63. The minimum Gasteiger partial charge on any atom is -0.354 e. The zero-order chi connectivity index (χ0) is 13.8. The third-order valence-corrected chi connectivity index (χ3v) is 3.48. The lowest BCUT2D eigenvalue weighted by molar-refractivity contribution is 0.620. The molecule has 0 radical (unpaired) electrons. The molecule has 0 spiro atoms. The Labute approximate surface area is 137 Å². The van der Waals surface area contributed by atoms with E-state index in [1.165, 1.54) is 12.8 Å². The molecule has 1 unspecified atom stereocenters. The molecule has 1 atom stereocenters. The summed E-state index contributed by atoms with van der Waals surface area (Å²) in [5, 5.41) is 15.0. The molecule has 20 heavy (non-hydrogen) atoms. The fraction of sp³-hybridized carbons (Fsp3) is 0.769. The second-order valence-electron chi connectivity index (χ2n) is 5.26. The van der Waals surface area contributed by atoms with Gasteiger partial charge >= 0.3 is 0 Å². The van der Waals surface area contributed by atoms with Crippen LogP contribution in [0.1, 0.15) is 44.8 Å². The highest BCUT2D eigenvalue weighted by atomic mass is 127. The van der Waals surface area contributed by atoms with E-state index in [0.717, 1.165) is 24.0 Å². The van der Waals surface area contributed by atoms with Gasteiger partial charge in [-0.05, 0) is 33.1 Å². The van der Waals surface area contributed by atoms with Crippen molar-refractivity contribution in [1.82, 2.24) is 25.4 Å². The zero-order valence-corrected chi connectivity index (χ0v) is 15.0. The molecule has 1 fully saturated rings. The molecule has 7 heteroatoms. The highest BCUT2D eigenvalue weighted by molar-refractivity contribution is 14.0. The largest absolute Gasteiger partial charge is 0.354 e. The molecule has 0 amide bonds. The van der Waals surface area contributed by atoms with Gasteiger partial charge in [-0.3, -0.25) is 0 Å². The van der Waals surface area contributed by atoms with Crippen molar-refractivity contribution < 1.29 is 0 Å². The fourth-order valence-electron chi connectivity index (χ4n) is 1.63. The monoisotopic (exact) mass is 392 g/mol. The van der Waals surface area contributed by atoms with Gasteiger partial charge in [0, 0.05) is 19.1 Å². The Bertz CT molecular complexity index is 452. The van der Waals surface area contributed by atoms with Crippen molar-refractivity contribution in [1.29, 1.82) is 0 Å². The molecule has 0 bridgehead atoms. The topological polar surface area (TPSA) is 67.1 Å². The maximum atomic E-state index is 4.61. The first-order chi connectivity index (χ1) is 9.10. The molecular weight excluding hydrogens is 367 g/mol. The predicted octanol–water partition coefficient (Wildman–Crippen LogP) is 1.74. The lowest BCUT2D eigenvalue weighted by Gasteiger charge is -2.16. The van der Waals surface area contributed by atoms with Gasteiger partial charge in [0.15, 0.2) is 11.8 Å². The van der Waals surface area contributed by atoms with E-state index in [9.17, 15) is 0 Å². The highest BCUT2D eigenvalue weighted by Gasteiger charge is 2.22. The number of halogens is 1. The summed E-state index contributed by atoms with van der Waals surface area (Å²) in [5.41, 5.74) is 0. The summed E-state index contributed by atoms with van der Waals surface area (Å²) >= 11 is 0. The number of aliphatic imine (C=N–C) groups is 1. The van der Waals surface area contributed by atoms with Crippen LogP contribution in [0.5, 0.6) is 0 Å². The molecule has 0 aliphatic heterocycles. The Morgan fingerprint density at radius 2 is 2.15 bits per heavy atom. The highest BCUT2D eigenvalue weighted by Crippen LogP contribution is 2.18. The van der Waals surface area contributed by atoms with E-state index in [4.69, 9.17) is 0 Å². The van der Waals surface area contributed by atoms with Gasteiger partial charge in [-0.15, -0.1) is 34.2 Å². The van der Waals surface area contributed by atoms with Gasteiger partial charge < -0.3 is 15.2 Å². The van der Waals surface area contributed by atoms with Crippen LogP contribution in [-0.2, 0) is 13.6 Å². The predicted molar refractivity (Wildman–Crippen MR) is 91.3 cm³/mol. The van der Waals surface area contributed by atoms with Crippen LogP contribution in [0.4, 0.5) is 0 Å². The molecule has 1 aliphatic rings. The SMILES string of the molecule is CCC(C)NC(=NCc1nnc(C)n1C)NC1CC1.I. The van der Waals surface area contributed by atoms with Gasteiger partial charge in [-0.2, -0.15) is 0 Å². The maximum Gasteiger partial charge on any atom is 0.192 e. The van der Waals surface area contributed by atoms with E-state index in [2.05, 4.69) is 39.7 Å². The van der Waals surface area contributed by atoms with Crippen molar-refractivity contribution in [2.24, 2.45) is 12.0 Å². The van der Waals surface area contributed by atoms with Crippen LogP contribution in [0.25, 0.3) is 0 Å². The standard InChI is InChI=1S/C13H24N6.HI/c1-5-9(2)15-13(16-11-6-7-11)14-8-12-18-17-10(3)19(12)4;/h9,11H,5-8H2,1-4H3,(H2,14,15,16);1H. The number of rotatable bonds is 5. The second-order valence-corrected chi connectivity index (χ2v) is 5.26. The smallest absolute Gasteiger partial charge is 0.192 e. The van der Waals surface area contributed by atoms with Crippen molar-refractivity contribution >= 4 is 29.9 Å². The Kier molecular flexibility index (Phi) is 6.70. The molecule has 6 nitrogen and oxygen atoms in total. The molecular formula is C13H25IN6. The normalized spacial score (nSPS) is 16.5.